The molecular formula is C20H13N3O2S. The minimum atomic E-state index is -0.330. The quantitative estimate of drug-likeness (QED) is 0.650. The van der Waals surface area contributed by atoms with Gasteiger partial charge in [0.2, 0.25) is 0 Å². The lowest BCUT2D eigenvalue weighted by Crippen LogP contribution is -2.27. The number of benzene rings is 2. The Balaban J connectivity index is 1.76. The summed E-state index contributed by atoms with van der Waals surface area (Å²) < 4.78 is 1.84. The van der Waals surface area contributed by atoms with Crippen LogP contribution in [0.4, 0.5) is 10.5 Å². The fourth-order valence-corrected chi connectivity index (χ4v) is 3.84. The van der Waals surface area contributed by atoms with Gasteiger partial charge in [0, 0.05) is 22.7 Å². The Kier molecular flexibility index (Phi) is 4.07. The van der Waals surface area contributed by atoms with Crippen molar-refractivity contribution in [3.8, 4) is 6.07 Å². The van der Waals surface area contributed by atoms with E-state index >= 15 is 0 Å². The highest BCUT2D eigenvalue weighted by Crippen LogP contribution is 2.36. The Morgan fingerprint density at radius 2 is 1.77 bits per heavy atom. The van der Waals surface area contributed by atoms with Crippen molar-refractivity contribution in [3.63, 3.8) is 0 Å². The minimum Gasteiger partial charge on any atom is -0.333 e. The third kappa shape index (κ3) is 2.68. The normalized spacial score (nSPS) is 15.8. The number of hydrogen-bond acceptors (Lipinski definition) is 4. The van der Waals surface area contributed by atoms with Crippen LogP contribution in [-0.4, -0.2) is 15.7 Å². The van der Waals surface area contributed by atoms with Crippen LogP contribution in [0.2, 0.25) is 0 Å². The number of nitriles is 1. The van der Waals surface area contributed by atoms with Crippen molar-refractivity contribution in [1.29, 1.82) is 5.26 Å². The molecule has 4 rings (SSSR count). The number of nitrogens with zero attached hydrogens (tertiary/aromatic N) is 3. The van der Waals surface area contributed by atoms with Crippen LogP contribution in [0.1, 0.15) is 5.56 Å². The topological polar surface area (TPSA) is 66.1 Å². The van der Waals surface area contributed by atoms with Crippen molar-refractivity contribution < 1.29 is 9.59 Å². The number of rotatable bonds is 3. The Morgan fingerprint density at radius 3 is 2.54 bits per heavy atom. The second kappa shape index (κ2) is 6.54. The number of hydrogen-bond donors (Lipinski definition) is 0. The molecule has 6 heteroatoms. The van der Waals surface area contributed by atoms with Gasteiger partial charge in [-0.15, -0.1) is 0 Å². The van der Waals surface area contributed by atoms with E-state index in [9.17, 15) is 9.59 Å². The van der Waals surface area contributed by atoms with Gasteiger partial charge in [0.15, 0.2) is 0 Å². The Bertz CT molecular complexity index is 1090. The van der Waals surface area contributed by atoms with Crippen LogP contribution in [0.25, 0.3) is 17.0 Å². The van der Waals surface area contributed by atoms with Gasteiger partial charge in [-0.05, 0) is 36.0 Å². The largest absolute Gasteiger partial charge is 0.333 e. The van der Waals surface area contributed by atoms with E-state index in [4.69, 9.17) is 5.26 Å². The van der Waals surface area contributed by atoms with Gasteiger partial charge in [-0.25, -0.2) is 4.90 Å². The minimum absolute atomic E-state index is 0.222. The van der Waals surface area contributed by atoms with Crippen molar-refractivity contribution in [1.82, 2.24) is 4.57 Å². The lowest BCUT2D eigenvalue weighted by Gasteiger charge is -2.11. The second-order valence-corrected chi connectivity index (χ2v) is 6.73. The summed E-state index contributed by atoms with van der Waals surface area (Å²) in [4.78, 5) is 26.6. The van der Waals surface area contributed by atoms with Gasteiger partial charge in [0.1, 0.15) is 6.54 Å². The molecule has 1 fully saturated rings. The van der Waals surface area contributed by atoms with Crippen LogP contribution < -0.4 is 4.90 Å². The molecule has 1 aliphatic heterocycles. The van der Waals surface area contributed by atoms with Crippen molar-refractivity contribution in [2.45, 2.75) is 6.54 Å². The molecule has 2 heterocycles. The van der Waals surface area contributed by atoms with Gasteiger partial charge < -0.3 is 4.57 Å². The molecule has 0 atom stereocenters. The van der Waals surface area contributed by atoms with E-state index in [1.54, 1.807) is 30.3 Å². The average molecular weight is 359 g/mol. The van der Waals surface area contributed by atoms with E-state index in [2.05, 4.69) is 6.07 Å². The van der Waals surface area contributed by atoms with Crippen molar-refractivity contribution in [2.75, 3.05) is 4.90 Å². The summed E-state index contributed by atoms with van der Waals surface area (Å²) in [7, 11) is 0. The number of para-hydroxylation sites is 2. The molecule has 5 nitrogen and oxygen atoms in total. The van der Waals surface area contributed by atoms with Crippen molar-refractivity contribution in [2.24, 2.45) is 0 Å². The van der Waals surface area contributed by atoms with Crippen LogP contribution in [0, 0.1) is 11.3 Å². The molecule has 0 unspecified atom stereocenters. The van der Waals surface area contributed by atoms with Crippen LogP contribution in [0.3, 0.4) is 0 Å². The first-order chi connectivity index (χ1) is 12.7. The summed E-state index contributed by atoms with van der Waals surface area (Å²) in [5, 5.41) is 9.64. The third-order valence-electron chi connectivity index (χ3n) is 4.16. The van der Waals surface area contributed by atoms with Crippen LogP contribution >= 0.6 is 11.8 Å². The zero-order valence-corrected chi connectivity index (χ0v) is 14.4. The first-order valence-corrected chi connectivity index (χ1v) is 8.78. The molecule has 2 amide bonds. The zero-order chi connectivity index (χ0) is 18.1. The Hall–Kier alpha value is -3.30. The molecule has 0 saturated carbocycles. The highest BCUT2D eigenvalue weighted by atomic mass is 32.2. The van der Waals surface area contributed by atoms with Gasteiger partial charge in [-0.1, -0.05) is 36.4 Å². The Morgan fingerprint density at radius 1 is 1.04 bits per heavy atom. The summed E-state index contributed by atoms with van der Waals surface area (Å²) in [5.74, 6) is -0.330. The molecule has 0 radical (unpaired) electrons. The zero-order valence-electron chi connectivity index (χ0n) is 13.6. The lowest BCUT2D eigenvalue weighted by molar-refractivity contribution is -0.113. The van der Waals surface area contributed by atoms with Gasteiger partial charge in [-0.2, -0.15) is 5.26 Å². The summed E-state index contributed by atoms with van der Waals surface area (Å²) in [6.45, 7) is 0.222. The maximum Gasteiger partial charge on any atom is 0.298 e. The number of imide groups is 1. The monoisotopic (exact) mass is 359 g/mol. The standard InChI is InChI=1S/C20H13N3O2S/c21-10-11-22-13-14(16-8-4-5-9-17(16)22)12-18-19(24)23(20(25)26-18)15-6-2-1-3-7-15/h1-9,12-13H,11H2/b18-12-. The molecule has 3 aromatic rings. The molecule has 126 valence electrons. The molecule has 0 aliphatic carbocycles. The number of carbonyl (C=O) groups excluding carboxylic acids is 2. The fourth-order valence-electron chi connectivity index (χ4n) is 3.01. The number of carbonyl (C=O) groups is 2. The fraction of sp³-hybridized carbons (Fsp3) is 0.0500. The molecule has 0 bridgehead atoms. The van der Waals surface area contributed by atoms with Crippen LogP contribution in [-0.2, 0) is 11.3 Å². The van der Waals surface area contributed by atoms with E-state index in [1.165, 1.54) is 4.90 Å². The Labute approximate surface area is 154 Å². The summed E-state index contributed by atoms with van der Waals surface area (Å²) in [5.41, 5.74) is 2.29. The molecular weight excluding hydrogens is 346 g/mol. The third-order valence-corrected chi connectivity index (χ3v) is 5.02. The predicted molar refractivity (Wildman–Crippen MR) is 102 cm³/mol. The number of thioether (sulfide) groups is 1. The van der Waals surface area contributed by atoms with E-state index in [-0.39, 0.29) is 17.7 Å². The van der Waals surface area contributed by atoms with Crippen LogP contribution in [0.5, 0.6) is 0 Å². The first kappa shape index (κ1) is 16.2. The number of aromatic nitrogens is 1. The molecule has 0 spiro atoms. The van der Waals surface area contributed by atoms with E-state index in [0.29, 0.717) is 10.6 Å². The van der Waals surface area contributed by atoms with Crippen molar-refractivity contribution in [3.05, 3.63) is 71.3 Å². The maximum absolute atomic E-state index is 12.7. The first-order valence-electron chi connectivity index (χ1n) is 7.97. The average Bonchev–Trinajstić information content (AvgIpc) is 3.14. The summed E-state index contributed by atoms with van der Waals surface area (Å²) in [6.07, 6.45) is 3.56. The molecule has 1 saturated heterocycles. The summed E-state index contributed by atoms with van der Waals surface area (Å²) >= 11 is 0.927. The molecule has 26 heavy (non-hydrogen) atoms. The maximum atomic E-state index is 12.7. The molecule has 0 N–H and O–H groups in total. The summed E-state index contributed by atoms with van der Waals surface area (Å²) in [6, 6.07) is 18.7. The van der Waals surface area contributed by atoms with E-state index < -0.39 is 0 Å². The smallest absolute Gasteiger partial charge is 0.298 e. The number of anilines is 1. The highest BCUT2D eigenvalue weighted by Gasteiger charge is 2.36. The number of amides is 2. The lowest BCUT2D eigenvalue weighted by atomic mass is 10.1. The molecule has 1 aliphatic rings. The van der Waals surface area contributed by atoms with E-state index in [0.717, 1.165) is 28.2 Å². The SMILES string of the molecule is N#CCn1cc(/C=C2\SC(=O)N(c3ccccc3)C2=O)c2ccccc21. The second-order valence-electron chi connectivity index (χ2n) is 5.74. The molecule has 1 aromatic heterocycles. The van der Waals surface area contributed by atoms with Gasteiger partial charge in [0.25, 0.3) is 11.1 Å². The predicted octanol–water partition coefficient (Wildman–Crippen LogP) is 4.41. The van der Waals surface area contributed by atoms with E-state index in [1.807, 2.05) is 41.1 Å². The molecule has 2 aromatic carbocycles. The van der Waals surface area contributed by atoms with Crippen LogP contribution in [0.15, 0.2) is 65.7 Å². The highest BCUT2D eigenvalue weighted by molar-refractivity contribution is 8.19. The van der Waals surface area contributed by atoms with Gasteiger partial charge >= 0.3 is 0 Å². The number of fused-ring (bicyclic) bond motifs is 1. The van der Waals surface area contributed by atoms with Crippen molar-refractivity contribution >= 4 is 45.6 Å². The van der Waals surface area contributed by atoms with Gasteiger partial charge in [0.05, 0.1) is 16.7 Å². The van der Waals surface area contributed by atoms with Gasteiger partial charge in [-0.3, -0.25) is 9.59 Å².